The fraction of sp³-hybridized carbons (Fsp3) is 0.400. The van der Waals surface area contributed by atoms with E-state index < -0.39 is 0 Å². The third kappa shape index (κ3) is 3.36. The summed E-state index contributed by atoms with van der Waals surface area (Å²) in [5, 5.41) is 3.74. The molecule has 2 aromatic carbocycles. The molecule has 1 unspecified atom stereocenters. The zero-order chi connectivity index (χ0) is 15.4. The number of hydrogen-bond acceptors (Lipinski definition) is 1. The predicted molar refractivity (Wildman–Crippen MR) is 92.0 cm³/mol. The van der Waals surface area contributed by atoms with Gasteiger partial charge in [-0.3, -0.25) is 0 Å². The lowest BCUT2D eigenvalue weighted by atomic mass is 9.86. The Balaban J connectivity index is 2.57. The van der Waals surface area contributed by atoms with E-state index in [4.69, 9.17) is 0 Å². The molecule has 0 fully saturated rings. The molecular formula is C20H27N. The minimum absolute atomic E-state index is 0.282. The molecule has 1 N–H and O–H groups in total. The van der Waals surface area contributed by atoms with Crippen molar-refractivity contribution in [3.63, 3.8) is 0 Å². The van der Waals surface area contributed by atoms with Crippen molar-refractivity contribution in [2.24, 2.45) is 0 Å². The van der Waals surface area contributed by atoms with Crippen molar-refractivity contribution in [1.29, 1.82) is 0 Å². The Kier molecular flexibility index (Phi) is 5.19. The zero-order valence-corrected chi connectivity index (χ0v) is 14.0. The van der Waals surface area contributed by atoms with Crippen LogP contribution in [0.1, 0.15) is 52.8 Å². The molecule has 0 aliphatic carbocycles. The average molecular weight is 281 g/mol. The Bertz CT molecular complexity index is 573. The van der Waals surface area contributed by atoms with E-state index in [1.54, 1.807) is 0 Å². The molecule has 0 heterocycles. The zero-order valence-electron chi connectivity index (χ0n) is 14.0. The number of aryl methyl sites for hydroxylation is 2. The Labute approximate surface area is 129 Å². The molecule has 2 rings (SSSR count). The van der Waals surface area contributed by atoms with Crippen molar-refractivity contribution in [1.82, 2.24) is 5.32 Å². The first-order valence-corrected chi connectivity index (χ1v) is 7.91. The van der Waals surface area contributed by atoms with Crippen molar-refractivity contribution >= 4 is 0 Å². The number of hydrogen-bond donors (Lipinski definition) is 1. The normalized spacial score (nSPS) is 12.4. The molecule has 0 aliphatic heterocycles. The number of benzene rings is 2. The molecule has 0 saturated carbocycles. The summed E-state index contributed by atoms with van der Waals surface area (Å²) in [4.78, 5) is 0. The molecule has 2 aromatic rings. The van der Waals surface area contributed by atoms with Crippen molar-refractivity contribution in [2.75, 3.05) is 6.54 Å². The molecule has 1 atom stereocenters. The van der Waals surface area contributed by atoms with E-state index >= 15 is 0 Å². The van der Waals surface area contributed by atoms with Crippen LogP contribution in [0.15, 0.2) is 36.4 Å². The highest BCUT2D eigenvalue weighted by molar-refractivity contribution is 5.48. The summed E-state index contributed by atoms with van der Waals surface area (Å²) in [7, 11) is 0. The monoisotopic (exact) mass is 281 g/mol. The second kappa shape index (κ2) is 6.91. The van der Waals surface area contributed by atoms with Crippen molar-refractivity contribution in [2.45, 2.75) is 47.1 Å². The first-order valence-electron chi connectivity index (χ1n) is 7.91. The van der Waals surface area contributed by atoms with Gasteiger partial charge < -0.3 is 5.32 Å². The third-order valence-electron chi connectivity index (χ3n) is 4.44. The smallest absolute Gasteiger partial charge is 0.0582 e. The Hall–Kier alpha value is -1.60. The largest absolute Gasteiger partial charge is 0.306 e. The highest BCUT2D eigenvalue weighted by Gasteiger charge is 2.19. The lowest BCUT2D eigenvalue weighted by molar-refractivity contribution is 0.593. The quantitative estimate of drug-likeness (QED) is 0.812. The van der Waals surface area contributed by atoms with Gasteiger partial charge in [-0.2, -0.15) is 0 Å². The molecule has 0 radical (unpaired) electrons. The fourth-order valence-corrected chi connectivity index (χ4v) is 3.00. The van der Waals surface area contributed by atoms with Crippen LogP contribution < -0.4 is 5.32 Å². The SMILES string of the molecule is CCCNC(c1ccccc1)c1c(C)c(C)cc(C)c1C. The van der Waals surface area contributed by atoms with Crippen LogP contribution in [0.3, 0.4) is 0 Å². The molecule has 0 spiro atoms. The van der Waals surface area contributed by atoms with E-state index in [0.717, 1.165) is 13.0 Å². The predicted octanol–water partition coefficient (Wildman–Crippen LogP) is 5.01. The van der Waals surface area contributed by atoms with Crippen LogP contribution in [-0.4, -0.2) is 6.54 Å². The second-order valence-electron chi connectivity index (χ2n) is 5.97. The van der Waals surface area contributed by atoms with Crippen LogP contribution in [0.25, 0.3) is 0 Å². The Morgan fingerprint density at radius 3 is 2.00 bits per heavy atom. The average Bonchev–Trinajstić information content (AvgIpc) is 2.49. The maximum absolute atomic E-state index is 3.74. The van der Waals surface area contributed by atoms with Gasteiger partial charge in [0.15, 0.2) is 0 Å². The molecule has 0 amide bonds. The van der Waals surface area contributed by atoms with Crippen LogP contribution in [-0.2, 0) is 0 Å². The fourth-order valence-electron chi connectivity index (χ4n) is 3.00. The summed E-state index contributed by atoms with van der Waals surface area (Å²) in [6.45, 7) is 12.2. The van der Waals surface area contributed by atoms with Crippen LogP contribution in [0.2, 0.25) is 0 Å². The first kappa shape index (κ1) is 15.8. The number of nitrogens with one attached hydrogen (secondary N) is 1. The molecule has 0 aromatic heterocycles. The van der Waals surface area contributed by atoms with Gasteiger partial charge in [0, 0.05) is 0 Å². The lowest BCUT2D eigenvalue weighted by Crippen LogP contribution is -2.25. The van der Waals surface area contributed by atoms with Crippen molar-refractivity contribution in [3.05, 3.63) is 69.8 Å². The Morgan fingerprint density at radius 2 is 1.48 bits per heavy atom. The van der Waals surface area contributed by atoms with E-state index in [1.807, 2.05) is 0 Å². The minimum Gasteiger partial charge on any atom is -0.306 e. The maximum atomic E-state index is 3.74. The van der Waals surface area contributed by atoms with E-state index in [9.17, 15) is 0 Å². The van der Waals surface area contributed by atoms with Crippen LogP contribution in [0, 0.1) is 27.7 Å². The van der Waals surface area contributed by atoms with E-state index in [-0.39, 0.29) is 6.04 Å². The molecule has 21 heavy (non-hydrogen) atoms. The molecule has 0 saturated heterocycles. The molecule has 1 nitrogen and oxygen atoms in total. The summed E-state index contributed by atoms with van der Waals surface area (Å²) in [6, 6.07) is 13.4. The van der Waals surface area contributed by atoms with E-state index in [2.05, 4.69) is 76.3 Å². The molecular weight excluding hydrogens is 254 g/mol. The van der Waals surface area contributed by atoms with Crippen LogP contribution in [0.5, 0.6) is 0 Å². The summed E-state index contributed by atoms with van der Waals surface area (Å²) >= 11 is 0. The first-order chi connectivity index (χ1) is 10.1. The van der Waals surface area contributed by atoms with Gasteiger partial charge in [0.2, 0.25) is 0 Å². The van der Waals surface area contributed by atoms with Gasteiger partial charge in [-0.25, -0.2) is 0 Å². The molecule has 1 heteroatoms. The maximum Gasteiger partial charge on any atom is 0.0582 e. The highest BCUT2D eigenvalue weighted by atomic mass is 14.9. The third-order valence-corrected chi connectivity index (χ3v) is 4.44. The topological polar surface area (TPSA) is 12.0 Å². The van der Waals surface area contributed by atoms with Crippen molar-refractivity contribution < 1.29 is 0 Å². The summed E-state index contributed by atoms with van der Waals surface area (Å²) < 4.78 is 0. The van der Waals surface area contributed by atoms with Crippen molar-refractivity contribution in [3.8, 4) is 0 Å². The second-order valence-corrected chi connectivity index (χ2v) is 5.97. The highest BCUT2D eigenvalue weighted by Crippen LogP contribution is 2.31. The molecule has 112 valence electrons. The van der Waals surface area contributed by atoms with Crippen LogP contribution in [0.4, 0.5) is 0 Å². The van der Waals surface area contributed by atoms with Gasteiger partial charge in [0.25, 0.3) is 0 Å². The van der Waals surface area contributed by atoms with Gasteiger partial charge >= 0.3 is 0 Å². The Morgan fingerprint density at radius 1 is 0.905 bits per heavy atom. The van der Waals surface area contributed by atoms with Gasteiger partial charge in [-0.1, -0.05) is 43.3 Å². The summed E-state index contributed by atoms with van der Waals surface area (Å²) in [5.41, 5.74) is 8.39. The molecule has 0 aliphatic rings. The van der Waals surface area contributed by atoms with Gasteiger partial charge in [0.1, 0.15) is 0 Å². The standard InChI is InChI=1S/C20H27N/c1-6-12-21-20(18-10-8-7-9-11-18)19-16(4)14(2)13-15(3)17(19)5/h7-11,13,20-21H,6,12H2,1-5H3. The molecule has 0 bridgehead atoms. The van der Waals surface area contributed by atoms with E-state index in [0.29, 0.717) is 0 Å². The number of rotatable bonds is 5. The van der Waals surface area contributed by atoms with Gasteiger partial charge in [0.05, 0.1) is 6.04 Å². The summed E-state index contributed by atoms with van der Waals surface area (Å²) in [5.74, 6) is 0. The van der Waals surface area contributed by atoms with Gasteiger partial charge in [-0.15, -0.1) is 0 Å². The lowest BCUT2D eigenvalue weighted by Gasteiger charge is -2.25. The van der Waals surface area contributed by atoms with Gasteiger partial charge in [-0.05, 0) is 74.0 Å². The summed E-state index contributed by atoms with van der Waals surface area (Å²) in [6.07, 6.45) is 1.15. The van der Waals surface area contributed by atoms with Crippen LogP contribution >= 0.6 is 0 Å². The van der Waals surface area contributed by atoms with E-state index in [1.165, 1.54) is 33.4 Å². The minimum atomic E-state index is 0.282.